The molecule has 1 rings (SSSR count). The molecule has 0 aliphatic heterocycles. The van der Waals surface area contributed by atoms with E-state index in [4.69, 9.17) is 21.4 Å². The summed E-state index contributed by atoms with van der Waals surface area (Å²) in [5.74, 6) is -1.15. The molecule has 0 radical (unpaired) electrons. The van der Waals surface area contributed by atoms with Gasteiger partial charge in [-0.1, -0.05) is 37.6 Å². The molecule has 21 heavy (non-hydrogen) atoms. The normalized spacial score (nSPS) is 12.0. The molecule has 0 fully saturated rings. The Kier molecular flexibility index (Phi) is 6.49. The molecule has 0 bridgehead atoms. The van der Waals surface area contributed by atoms with E-state index in [1.165, 1.54) is 0 Å². The van der Waals surface area contributed by atoms with Crippen molar-refractivity contribution >= 4 is 23.5 Å². The van der Waals surface area contributed by atoms with Gasteiger partial charge < -0.3 is 15.2 Å². The number of carbonyl (C=O) groups excluding carboxylic acids is 1. The number of carboxylic acids is 1. The van der Waals surface area contributed by atoms with E-state index in [1.54, 1.807) is 32.0 Å². The van der Waals surface area contributed by atoms with Gasteiger partial charge in [-0.3, -0.25) is 4.79 Å². The maximum atomic E-state index is 12.0. The minimum absolute atomic E-state index is 0.0202. The largest absolute Gasteiger partial charge is 0.492 e. The van der Waals surface area contributed by atoms with Crippen LogP contribution in [0.1, 0.15) is 26.3 Å². The first-order valence-electron chi connectivity index (χ1n) is 6.79. The van der Waals surface area contributed by atoms with Gasteiger partial charge in [-0.05, 0) is 18.9 Å². The van der Waals surface area contributed by atoms with E-state index in [1.807, 2.05) is 6.92 Å². The third-order valence-corrected chi connectivity index (χ3v) is 3.24. The number of nitrogens with one attached hydrogen (secondary N) is 1. The first-order valence-corrected chi connectivity index (χ1v) is 7.17. The van der Waals surface area contributed by atoms with Crippen molar-refractivity contribution in [3.63, 3.8) is 0 Å². The second-order valence-electron chi connectivity index (χ2n) is 4.97. The van der Waals surface area contributed by atoms with Gasteiger partial charge in [0, 0.05) is 5.56 Å². The lowest BCUT2D eigenvalue weighted by Gasteiger charge is -2.18. The predicted molar refractivity (Wildman–Crippen MR) is 80.7 cm³/mol. The highest BCUT2D eigenvalue weighted by Gasteiger charge is 2.24. The molecule has 0 heterocycles. The van der Waals surface area contributed by atoms with Crippen LogP contribution in [0.3, 0.4) is 0 Å². The molecular weight excluding hydrogens is 294 g/mol. The maximum absolute atomic E-state index is 12.0. The molecule has 0 aromatic heterocycles. The van der Waals surface area contributed by atoms with E-state index >= 15 is 0 Å². The van der Waals surface area contributed by atoms with Crippen LogP contribution in [0.25, 0.3) is 0 Å². The Hall–Kier alpha value is -1.75. The van der Waals surface area contributed by atoms with E-state index in [0.717, 1.165) is 0 Å². The van der Waals surface area contributed by atoms with Gasteiger partial charge in [0.2, 0.25) is 5.91 Å². The van der Waals surface area contributed by atoms with Crippen LogP contribution < -0.4 is 10.1 Å². The molecule has 1 aromatic rings. The molecule has 1 atom stereocenters. The highest BCUT2D eigenvalue weighted by atomic mass is 35.5. The van der Waals surface area contributed by atoms with Crippen molar-refractivity contribution in [1.82, 2.24) is 5.32 Å². The topological polar surface area (TPSA) is 75.6 Å². The van der Waals surface area contributed by atoms with E-state index in [2.05, 4.69) is 5.32 Å². The van der Waals surface area contributed by atoms with E-state index in [-0.39, 0.29) is 18.2 Å². The Balaban J connectivity index is 2.84. The molecule has 0 saturated heterocycles. The third kappa shape index (κ3) is 4.93. The highest BCUT2D eigenvalue weighted by molar-refractivity contribution is 6.32. The molecule has 0 spiro atoms. The lowest BCUT2D eigenvalue weighted by Crippen LogP contribution is -2.44. The van der Waals surface area contributed by atoms with Gasteiger partial charge in [0.05, 0.1) is 18.1 Å². The van der Waals surface area contributed by atoms with Crippen LogP contribution in [-0.2, 0) is 16.0 Å². The van der Waals surface area contributed by atoms with Crippen molar-refractivity contribution in [1.29, 1.82) is 0 Å². The fourth-order valence-corrected chi connectivity index (χ4v) is 2.16. The Bertz CT molecular complexity index is 516. The van der Waals surface area contributed by atoms with Crippen molar-refractivity contribution in [3.8, 4) is 5.75 Å². The number of carboxylic acid groups (broad SMARTS) is 1. The third-order valence-electron chi connectivity index (χ3n) is 2.94. The van der Waals surface area contributed by atoms with E-state index < -0.39 is 12.0 Å². The summed E-state index contributed by atoms with van der Waals surface area (Å²) in [5.41, 5.74) is 0.634. The lowest BCUT2D eigenvalue weighted by atomic mass is 10.0. The quantitative estimate of drug-likeness (QED) is 0.811. The SMILES string of the molecule is CCOc1c(Cl)cccc1CC(=O)NC(C(=O)O)C(C)C. The molecule has 0 saturated carbocycles. The maximum Gasteiger partial charge on any atom is 0.326 e. The van der Waals surface area contributed by atoms with Crippen LogP contribution in [0, 0.1) is 5.92 Å². The summed E-state index contributed by atoms with van der Waals surface area (Å²) >= 11 is 6.05. The number of amides is 1. The van der Waals surface area contributed by atoms with Crippen LogP contribution in [-0.4, -0.2) is 29.6 Å². The molecule has 2 N–H and O–H groups in total. The first kappa shape index (κ1) is 17.3. The predicted octanol–water partition coefficient (Wildman–Crippen LogP) is 2.51. The zero-order valence-electron chi connectivity index (χ0n) is 12.4. The summed E-state index contributed by atoms with van der Waals surface area (Å²) in [6.45, 7) is 5.74. The zero-order valence-corrected chi connectivity index (χ0v) is 13.1. The number of aliphatic carboxylic acids is 1. The van der Waals surface area contributed by atoms with Gasteiger partial charge >= 0.3 is 5.97 Å². The van der Waals surface area contributed by atoms with Gasteiger partial charge in [-0.25, -0.2) is 4.79 Å². The van der Waals surface area contributed by atoms with Crippen molar-refractivity contribution in [2.45, 2.75) is 33.2 Å². The number of benzene rings is 1. The summed E-state index contributed by atoms with van der Waals surface area (Å²) < 4.78 is 5.44. The fourth-order valence-electron chi connectivity index (χ4n) is 1.91. The molecule has 0 aliphatic carbocycles. The Morgan fingerprint density at radius 2 is 2.05 bits per heavy atom. The van der Waals surface area contributed by atoms with E-state index in [0.29, 0.717) is 22.9 Å². The van der Waals surface area contributed by atoms with Crippen molar-refractivity contribution < 1.29 is 19.4 Å². The summed E-state index contributed by atoms with van der Waals surface area (Å²) in [4.78, 5) is 23.1. The number of ether oxygens (including phenoxy) is 1. The van der Waals surface area contributed by atoms with Crippen LogP contribution in [0.4, 0.5) is 0 Å². The summed E-state index contributed by atoms with van der Waals surface area (Å²) in [7, 11) is 0. The Morgan fingerprint density at radius 1 is 1.38 bits per heavy atom. The first-order chi connectivity index (χ1) is 9.86. The van der Waals surface area contributed by atoms with Crippen LogP contribution >= 0.6 is 11.6 Å². The molecule has 0 aliphatic rings. The van der Waals surface area contributed by atoms with Crippen LogP contribution in [0.2, 0.25) is 5.02 Å². The number of hydrogen-bond donors (Lipinski definition) is 2. The average molecular weight is 314 g/mol. The molecule has 1 aromatic carbocycles. The van der Waals surface area contributed by atoms with Crippen LogP contribution in [0.15, 0.2) is 18.2 Å². The van der Waals surface area contributed by atoms with Crippen molar-refractivity contribution in [3.05, 3.63) is 28.8 Å². The van der Waals surface area contributed by atoms with Gasteiger partial charge in [0.15, 0.2) is 0 Å². The van der Waals surface area contributed by atoms with Crippen molar-refractivity contribution in [2.24, 2.45) is 5.92 Å². The van der Waals surface area contributed by atoms with Crippen LogP contribution in [0.5, 0.6) is 5.75 Å². The van der Waals surface area contributed by atoms with Gasteiger partial charge in [-0.15, -0.1) is 0 Å². The number of hydrogen-bond acceptors (Lipinski definition) is 3. The number of rotatable bonds is 7. The molecular formula is C15H20ClNO4. The fraction of sp³-hybridized carbons (Fsp3) is 0.467. The zero-order chi connectivity index (χ0) is 16.0. The highest BCUT2D eigenvalue weighted by Crippen LogP contribution is 2.29. The van der Waals surface area contributed by atoms with E-state index in [9.17, 15) is 9.59 Å². The minimum Gasteiger partial charge on any atom is -0.492 e. The summed E-state index contributed by atoms with van der Waals surface area (Å²) in [6, 6.07) is 4.24. The minimum atomic E-state index is -1.05. The molecule has 1 unspecified atom stereocenters. The molecule has 6 heteroatoms. The van der Waals surface area contributed by atoms with Gasteiger partial charge in [0.25, 0.3) is 0 Å². The van der Waals surface area contributed by atoms with Gasteiger partial charge in [0.1, 0.15) is 11.8 Å². The van der Waals surface area contributed by atoms with Crippen molar-refractivity contribution in [2.75, 3.05) is 6.61 Å². The smallest absolute Gasteiger partial charge is 0.326 e. The Morgan fingerprint density at radius 3 is 2.57 bits per heavy atom. The number of para-hydroxylation sites is 1. The second-order valence-corrected chi connectivity index (χ2v) is 5.37. The summed E-state index contributed by atoms with van der Waals surface area (Å²) in [5, 5.41) is 12.0. The van der Waals surface area contributed by atoms with Gasteiger partial charge in [-0.2, -0.15) is 0 Å². The molecule has 116 valence electrons. The summed E-state index contributed by atoms with van der Waals surface area (Å²) in [6.07, 6.45) is 0.0202. The number of halogens is 1. The number of carbonyl (C=O) groups is 2. The lowest BCUT2D eigenvalue weighted by molar-refractivity contribution is -0.143. The average Bonchev–Trinajstić information content (AvgIpc) is 2.39. The second kappa shape index (κ2) is 7.88. The standard InChI is InChI=1S/C15H20ClNO4/c1-4-21-14-10(6-5-7-11(14)16)8-12(18)17-13(9(2)3)15(19)20/h5-7,9,13H,4,8H2,1-3H3,(H,17,18)(H,19,20). The monoisotopic (exact) mass is 313 g/mol. The molecule has 1 amide bonds. The molecule has 5 nitrogen and oxygen atoms in total. The Labute approximate surface area is 129 Å².